The Bertz CT molecular complexity index is 1210. The van der Waals surface area contributed by atoms with Gasteiger partial charge in [-0.05, 0) is 89.9 Å². The number of unbranched alkanes of at least 4 members (excludes halogenated alkanes) is 10. The van der Waals surface area contributed by atoms with Gasteiger partial charge in [-0.15, -0.1) is 0 Å². The molecule has 6 nitrogen and oxygen atoms in total. The molecule has 0 aromatic heterocycles. The molecule has 0 fully saturated rings. The van der Waals surface area contributed by atoms with E-state index < -0.39 is 6.10 Å². The van der Waals surface area contributed by atoms with Gasteiger partial charge in [0.15, 0.2) is 6.10 Å². The van der Waals surface area contributed by atoms with Crippen molar-refractivity contribution in [2.75, 3.05) is 13.2 Å². The molecular formula is C50H78O6. The number of ether oxygens (including phenoxy) is 3. The molecule has 0 bridgehead atoms. The van der Waals surface area contributed by atoms with Gasteiger partial charge in [0, 0.05) is 19.3 Å². The third kappa shape index (κ3) is 41.2. The third-order valence-electron chi connectivity index (χ3n) is 8.57. The highest BCUT2D eigenvalue weighted by atomic mass is 16.6. The molecule has 0 aliphatic carbocycles. The van der Waals surface area contributed by atoms with E-state index in [0.29, 0.717) is 12.8 Å². The first-order valence-corrected chi connectivity index (χ1v) is 21.9. The molecule has 1 unspecified atom stereocenters. The van der Waals surface area contributed by atoms with E-state index in [0.717, 1.165) is 89.9 Å². The first kappa shape index (κ1) is 52.1. The average molecular weight is 775 g/mol. The van der Waals surface area contributed by atoms with Gasteiger partial charge in [0.2, 0.25) is 0 Å². The molecule has 0 aliphatic rings. The monoisotopic (exact) mass is 775 g/mol. The fourth-order valence-electron chi connectivity index (χ4n) is 5.32. The molecule has 0 aromatic rings. The van der Waals surface area contributed by atoms with Crippen LogP contribution in [0, 0.1) is 0 Å². The minimum Gasteiger partial charge on any atom is -0.462 e. The maximum absolute atomic E-state index is 12.7. The van der Waals surface area contributed by atoms with Gasteiger partial charge >= 0.3 is 17.9 Å². The van der Waals surface area contributed by atoms with Crippen molar-refractivity contribution in [3.63, 3.8) is 0 Å². The van der Waals surface area contributed by atoms with Crippen LogP contribution in [0.25, 0.3) is 0 Å². The second-order valence-corrected chi connectivity index (χ2v) is 13.9. The fraction of sp³-hybridized carbons (Fsp3) is 0.580. The van der Waals surface area contributed by atoms with Crippen LogP contribution in [0.3, 0.4) is 0 Å². The van der Waals surface area contributed by atoms with Crippen molar-refractivity contribution in [2.24, 2.45) is 0 Å². The molecular weight excluding hydrogens is 697 g/mol. The SMILES string of the molecule is CC\C=C/C=C\C=C/CCCCCCCC(=O)OC(COC(=O)CC/C=C\C/C=C\C/C=C\C/C=C\C/C=C\CC)COC(=O)CCC/C=C\CCCCCC. The van der Waals surface area contributed by atoms with Gasteiger partial charge in [0.25, 0.3) is 0 Å². The number of rotatable bonds is 37. The molecule has 0 aliphatic heterocycles. The Balaban J connectivity index is 4.56. The molecule has 0 amide bonds. The van der Waals surface area contributed by atoms with E-state index in [1.54, 1.807) is 0 Å². The van der Waals surface area contributed by atoms with Gasteiger partial charge in [0.1, 0.15) is 13.2 Å². The molecule has 0 rings (SSSR count). The lowest BCUT2D eigenvalue weighted by atomic mass is 10.1. The molecule has 1 atom stereocenters. The van der Waals surface area contributed by atoms with Crippen LogP contribution in [0.5, 0.6) is 0 Å². The Morgan fingerprint density at radius 3 is 1.45 bits per heavy atom. The zero-order valence-corrected chi connectivity index (χ0v) is 35.6. The summed E-state index contributed by atoms with van der Waals surface area (Å²) in [6, 6.07) is 0. The van der Waals surface area contributed by atoms with Crippen molar-refractivity contribution in [1.29, 1.82) is 0 Å². The number of hydrogen-bond donors (Lipinski definition) is 0. The van der Waals surface area contributed by atoms with E-state index in [4.69, 9.17) is 14.2 Å². The zero-order valence-electron chi connectivity index (χ0n) is 35.6. The summed E-state index contributed by atoms with van der Waals surface area (Å²) >= 11 is 0. The quantitative estimate of drug-likeness (QED) is 0.0206. The van der Waals surface area contributed by atoms with Crippen molar-refractivity contribution in [1.82, 2.24) is 0 Å². The Hall–Kier alpha value is -3.93. The Morgan fingerprint density at radius 2 is 0.839 bits per heavy atom. The summed E-state index contributed by atoms with van der Waals surface area (Å²) in [5, 5.41) is 0. The molecule has 0 saturated carbocycles. The second kappa shape index (κ2) is 43.8. The van der Waals surface area contributed by atoms with Crippen LogP contribution in [0.2, 0.25) is 0 Å². The third-order valence-corrected chi connectivity index (χ3v) is 8.57. The van der Waals surface area contributed by atoms with E-state index >= 15 is 0 Å². The fourth-order valence-corrected chi connectivity index (χ4v) is 5.32. The van der Waals surface area contributed by atoms with E-state index in [2.05, 4.69) is 112 Å². The van der Waals surface area contributed by atoms with Crippen LogP contribution in [0.1, 0.15) is 168 Å². The van der Waals surface area contributed by atoms with Crippen LogP contribution in [-0.2, 0) is 28.6 Å². The maximum Gasteiger partial charge on any atom is 0.306 e. The summed E-state index contributed by atoms with van der Waals surface area (Å²) in [4.78, 5) is 37.6. The first-order chi connectivity index (χ1) is 27.5. The van der Waals surface area contributed by atoms with Crippen molar-refractivity contribution in [3.05, 3.63) is 109 Å². The Labute approximate surface area is 342 Å². The molecule has 314 valence electrons. The molecule has 0 N–H and O–H groups in total. The predicted octanol–water partition coefficient (Wildman–Crippen LogP) is 14.0. The number of allylic oxidation sites excluding steroid dienone is 18. The van der Waals surface area contributed by atoms with E-state index in [1.807, 2.05) is 18.2 Å². The number of carbonyl (C=O) groups excluding carboxylic acids is 3. The Kier molecular flexibility index (Phi) is 40.7. The molecule has 0 aromatic carbocycles. The summed E-state index contributed by atoms with van der Waals surface area (Å²) in [5.74, 6) is -1.08. The van der Waals surface area contributed by atoms with Crippen LogP contribution >= 0.6 is 0 Å². The van der Waals surface area contributed by atoms with Crippen LogP contribution in [-0.4, -0.2) is 37.2 Å². The van der Waals surface area contributed by atoms with Gasteiger partial charge in [-0.3, -0.25) is 14.4 Å². The topological polar surface area (TPSA) is 78.9 Å². The summed E-state index contributed by atoms with van der Waals surface area (Å²) in [5.41, 5.74) is 0. The van der Waals surface area contributed by atoms with Crippen molar-refractivity contribution in [2.45, 2.75) is 175 Å². The highest BCUT2D eigenvalue weighted by Gasteiger charge is 2.19. The normalized spacial score (nSPS) is 13.1. The number of esters is 3. The standard InChI is InChI=1S/C50H78O6/c1-4-7-10-13-16-19-21-23-24-25-27-28-31-34-37-40-43-49(52)55-46-47(45-54-48(51)42-39-36-33-30-18-15-12-9-6-3)56-50(53)44-41-38-35-32-29-26-22-20-17-14-11-8-5-2/h7-8,10-11,14,16-17,19-20,22-24,27-28,30,33-34,37,47H,4-6,9,12-13,15,18,21,25-26,29,31-32,35-36,38-46H2,1-3H3/b10-7-,11-8-,17-14-,19-16-,22-20-,24-23-,28-27-,33-30-,37-34-. The van der Waals surface area contributed by atoms with E-state index in [-0.39, 0.29) is 50.4 Å². The van der Waals surface area contributed by atoms with E-state index in [1.165, 1.54) is 25.7 Å². The average Bonchev–Trinajstić information content (AvgIpc) is 3.19. The smallest absolute Gasteiger partial charge is 0.306 e. The first-order valence-electron chi connectivity index (χ1n) is 21.9. The van der Waals surface area contributed by atoms with Crippen molar-refractivity contribution >= 4 is 17.9 Å². The Morgan fingerprint density at radius 1 is 0.393 bits per heavy atom. The molecule has 0 radical (unpaired) electrons. The lowest BCUT2D eigenvalue weighted by molar-refractivity contribution is -0.166. The van der Waals surface area contributed by atoms with E-state index in [9.17, 15) is 14.4 Å². The van der Waals surface area contributed by atoms with Gasteiger partial charge in [0.05, 0.1) is 0 Å². The molecule has 0 spiro atoms. The number of hydrogen-bond acceptors (Lipinski definition) is 6. The lowest BCUT2D eigenvalue weighted by Gasteiger charge is -2.18. The summed E-state index contributed by atoms with van der Waals surface area (Å²) < 4.78 is 16.5. The maximum atomic E-state index is 12.7. The van der Waals surface area contributed by atoms with Gasteiger partial charge in [-0.25, -0.2) is 0 Å². The van der Waals surface area contributed by atoms with Crippen LogP contribution in [0.4, 0.5) is 0 Å². The highest BCUT2D eigenvalue weighted by Crippen LogP contribution is 2.11. The van der Waals surface area contributed by atoms with Crippen molar-refractivity contribution in [3.8, 4) is 0 Å². The minimum atomic E-state index is -0.828. The van der Waals surface area contributed by atoms with Gasteiger partial charge < -0.3 is 14.2 Å². The van der Waals surface area contributed by atoms with Crippen molar-refractivity contribution < 1.29 is 28.6 Å². The molecule has 0 saturated heterocycles. The largest absolute Gasteiger partial charge is 0.462 e. The van der Waals surface area contributed by atoms with Gasteiger partial charge in [-0.1, -0.05) is 169 Å². The predicted molar refractivity (Wildman–Crippen MR) is 237 cm³/mol. The summed E-state index contributed by atoms with van der Waals surface area (Å²) in [7, 11) is 0. The van der Waals surface area contributed by atoms with Gasteiger partial charge in [-0.2, -0.15) is 0 Å². The second-order valence-electron chi connectivity index (χ2n) is 13.9. The minimum absolute atomic E-state index is 0.127. The molecule has 6 heteroatoms. The zero-order chi connectivity index (χ0) is 40.8. The summed E-state index contributed by atoms with van der Waals surface area (Å²) in [6.45, 7) is 6.20. The van der Waals surface area contributed by atoms with Crippen LogP contribution in [0.15, 0.2) is 109 Å². The molecule has 56 heavy (non-hydrogen) atoms. The molecule has 0 heterocycles. The number of carbonyl (C=O) groups is 3. The highest BCUT2D eigenvalue weighted by molar-refractivity contribution is 5.71. The van der Waals surface area contributed by atoms with Crippen LogP contribution < -0.4 is 0 Å². The summed E-state index contributed by atoms with van der Waals surface area (Å²) in [6.07, 6.45) is 58.1. The lowest BCUT2D eigenvalue weighted by Crippen LogP contribution is -2.30.